The van der Waals surface area contributed by atoms with Crippen molar-refractivity contribution < 1.29 is 14.7 Å². The second-order valence-corrected chi connectivity index (χ2v) is 4.37. The molecule has 0 saturated carbocycles. The fourth-order valence-electron chi connectivity index (χ4n) is 1.64. The highest BCUT2D eigenvalue weighted by Gasteiger charge is 2.17. The zero-order valence-electron chi connectivity index (χ0n) is 10.5. The van der Waals surface area contributed by atoms with Crippen molar-refractivity contribution in [2.45, 2.75) is 0 Å². The maximum Gasteiger partial charge on any atom is 0.338 e. The number of nitrogens with one attached hydrogen (secondary N) is 1. The molecule has 1 amide bonds. The molecule has 7 heteroatoms. The number of pyridine rings is 1. The van der Waals surface area contributed by atoms with E-state index < -0.39 is 11.9 Å². The van der Waals surface area contributed by atoms with E-state index in [-0.39, 0.29) is 21.8 Å². The molecule has 6 nitrogen and oxygen atoms in total. The van der Waals surface area contributed by atoms with Gasteiger partial charge in [-0.15, -0.1) is 0 Å². The first-order valence-electron chi connectivity index (χ1n) is 5.72. The van der Waals surface area contributed by atoms with E-state index in [1.807, 2.05) is 6.07 Å². The van der Waals surface area contributed by atoms with Gasteiger partial charge in [0, 0.05) is 11.9 Å². The minimum Gasteiger partial charge on any atom is -0.478 e. The number of halogens is 1. The number of aromatic carboxylic acids is 1. The lowest BCUT2D eigenvalue weighted by Gasteiger charge is -2.07. The van der Waals surface area contributed by atoms with Crippen LogP contribution in [-0.2, 0) is 0 Å². The lowest BCUT2D eigenvalue weighted by Crippen LogP contribution is -2.18. The quantitative estimate of drug-likeness (QED) is 0.906. The molecule has 0 unspecified atom stereocenters. The molecule has 2 N–H and O–H groups in total. The SMILES string of the molecule is N#Cc1cc(NC(=O)c2ncccc2C(=O)O)ccc1Cl. The van der Waals surface area contributed by atoms with Crippen LogP contribution in [0.3, 0.4) is 0 Å². The van der Waals surface area contributed by atoms with Crippen LogP contribution < -0.4 is 5.32 Å². The Hall–Kier alpha value is -2.91. The summed E-state index contributed by atoms with van der Waals surface area (Å²) >= 11 is 5.79. The molecule has 1 aromatic heterocycles. The normalized spacial score (nSPS) is 9.71. The maximum absolute atomic E-state index is 12.1. The summed E-state index contributed by atoms with van der Waals surface area (Å²) in [6.45, 7) is 0. The molecular weight excluding hydrogens is 294 g/mol. The predicted octanol–water partition coefficient (Wildman–Crippen LogP) is 2.56. The monoisotopic (exact) mass is 301 g/mol. The lowest BCUT2D eigenvalue weighted by atomic mass is 10.1. The van der Waals surface area contributed by atoms with Gasteiger partial charge in [-0.2, -0.15) is 5.26 Å². The van der Waals surface area contributed by atoms with Crippen LogP contribution in [0, 0.1) is 11.3 Å². The van der Waals surface area contributed by atoms with E-state index in [9.17, 15) is 9.59 Å². The third kappa shape index (κ3) is 3.16. The summed E-state index contributed by atoms with van der Waals surface area (Å²) in [4.78, 5) is 26.9. The van der Waals surface area contributed by atoms with E-state index in [0.29, 0.717) is 5.69 Å². The van der Waals surface area contributed by atoms with Gasteiger partial charge in [-0.1, -0.05) is 11.6 Å². The van der Waals surface area contributed by atoms with Crippen molar-refractivity contribution in [2.24, 2.45) is 0 Å². The summed E-state index contributed by atoms with van der Waals surface area (Å²) in [5, 5.41) is 20.6. The number of carbonyl (C=O) groups excluding carboxylic acids is 1. The molecule has 21 heavy (non-hydrogen) atoms. The Morgan fingerprint density at radius 1 is 1.33 bits per heavy atom. The van der Waals surface area contributed by atoms with Crippen molar-refractivity contribution in [3.63, 3.8) is 0 Å². The number of carboxylic acids is 1. The highest BCUT2D eigenvalue weighted by molar-refractivity contribution is 6.31. The molecule has 0 aliphatic carbocycles. The van der Waals surface area contributed by atoms with Crippen LogP contribution in [0.2, 0.25) is 5.02 Å². The van der Waals surface area contributed by atoms with E-state index in [4.69, 9.17) is 22.0 Å². The van der Waals surface area contributed by atoms with Gasteiger partial charge >= 0.3 is 5.97 Å². The minimum atomic E-state index is -1.25. The van der Waals surface area contributed by atoms with Crippen molar-refractivity contribution in [1.29, 1.82) is 5.26 Å². The molecule has 2 aromatic rings. The topological polar surface area (TPSA) is 103 Å². The third-order valence-corrected chi connectivity index (χ3v) is 2.93. The van der Waals surface area contributed by atoms with Gasteiger partial charge in [-0.05, 0) is 30.3 Å². The first-order valence-corrected chi connectivity index (χ1v) is 6.10. The van der Waals surface area contributed by atoms with Crippen molar-refractivity contribution in [1.82, 2.24) is 4.98 Å². The summed E-state index contributed by atoms with van der Waals surface area (Å²) in [6.07, 6.45) is 1.32. The average Bonchev–Trinajstić information content (AvgIpc) is 2.49. The minimum absolute atomic E-state index is 0.203. The van der Waals surface area contributed by atoms with E-state index >= 15 is 0 Å². The smallest absolute Gasteiger partial charge is 0.338 e. The number of hydrogen-bond donors (Lipinski definition) is 2. The van der Waals surface area contributed by atoms with E-state index in [2.05, 4.69) is 10.3 Å². The molecule has 0 spiro atoms. The molecule has 0 atom stereocenters. The van der Waals surface area contributed by atoms with Crippen LogP contribution in [0.1, 0.15) is 26.4 Å². The Bertz CT molecular complexity index is 768. The highest BCUT2D eigenvalue weighted by Crippen LogP contribution is 2.20. The molecule has 1 aromatic carbocycles. The van der Waals surface area contributed by atoms with Gasteiger partial charge in [-0.25, -0.2) is 4.79 Å². The fraction of sp³-hybridized carbons (Fsp3) is 0. The van der Waals surface area contributed by atoms with Crippen molar-refractivity contribution in [3.8, 4) is 6.07 Å². The first kappa shape index (κ1) is 14.5. The van der Waals surface area contributed by atoms with E-state index in [0.717, 1.165) is 0 Å². The van der Waals surface area contributed by atoms with Gasteiger partial charge < -0.3 is 10.4 Å². The summed E-state index contributed by atoms with van der Waals surface area (Å²) < 4.78 is 0. The Balaban J connectivity index is 2.31. The van der Waals surface area contributed by atoms with Gasteiger partial charge in [0.05, 0.1) is 16.1 Å². The van der Waals surface area contributed by atoms with E-state index in [1.54, 1.807) is 0 Å². The van der Waals surface area contributed by atoms with Gasteiger partial charge in [0.2, 0.25) is 0 Å². The molecule has 0 radical (unpaired) electrons. The van der Waals surface area contributed by atoms with Crippen LogP contribution in [0.25, 0.3) is 0 Å². The standard InChI is InChI=1S/C14H8ClN3O3/c15-11-4-3-9(6-8(11)7-16)18-13(19)12-10(14(20)21)2-1-5-17-12/h1-6H,(H,18,19)(H,20,21). The summed E-state index contributed by atoms with van der Waals surface area (Å²) in [5.74, 6) is -1.93. The maximum atomic E-state index is 12.1. The van der Waals surface area contributed by atoms with Gasteiger partial charge in [0.25, 0.3) is 5.91 Å². The largest absolute Gasteiger partial charge is 0.478 e. The molecular formula is C14H8ClN3O3. The second kappa shape index (κ2) is 6.03. The molecule has 104 valence electrons. The number of nitrogens with zero attached hydrogens (tertiary/aromatic N) is 2. The van der Waals surface area contributed by atoms with Crippen LogP contribution in [0.5, 0.6) is 0 Å². The Labute approximate surface area is 124 Å². The Morgan fingerprint density at radius 3 is 2.76 bits per heavy atom. The zero-order valence-corrected chi connectivity index (χ0v) is 11.3. The van der Waals surface area contributed by atoms with E-state index in [1.165, 1.54) is 36.5 Å². The summed E-state index contributed by atoms with van der Waals surface area (Å²) in [7, 11) is 0. The molecule has 2 rings (SSSR count). The van der Waals surface area contributed by atoms with Crippen LogP contribution in [0.4, 0.5) is 5.69 Å². The number of benzene rings is 1. The number of nitriles is 1. The van der Waals surface area contributed by atoms with Crippen LogP contribution >= 0.6 is 11.6 Å². The number of rotatable bonds is 3. The summed E-state index contributed by atoms with van der Waals surface area (Å²) in [6, 6.07) is 8.96. The number of aromatic nitrogens is 1. The number of carbonyl (C=O) groups is 2. The number of carboxylic acid groups (broad SMARTS) is 1. The number of hydrogen-bond acceptors (Lipinski definition) is 4. The number of amides is 1. The molecule has 1 heterocycles. The third-order valence-electron chi connectivity index (χ3n) is 2.60. The van der Waals surface area contributed by atoms with Crippen LogP contribution in [-0.4, -0.2) is 22.0 Å². The second-order valence-electron chi connectivity index (χ2n) is 3.97. The Morgan fingerprint density at radius 2 is 2.10 bits per heavy atom. The zero-order chi connectivity index (χ0) is 15.4. The molecule has 0 fully saturated rings. The van der Waals surface area contributed by atoms with Crippen molar-refractivity contribution >= 4 is 29.2 Å². The molecule has 0 aliphatic rings. The van der Waals surface area contributed by atoms with Gasteiger partial charge in [-0.3, -0.25) is 9.78 Å². The average molecular weight is 302 g/mol. The Kier molecular flexibility index (Phi) is 4.16. The summed E-state index contributed by atoms with van der Waals surface area (Å²) in [5.41, 5.74) is 0.111. The highest BCUT2D eigenvalue weighted by atomic mass is 35.5. The number of anilines is 1. The fourth-order valence-corrected chi connectivity index (χ4v) is 1.80. The lowest BCUT2D eigenvalue weighted by molar-refractivity contribution is 0.0691. The predicted molar refractivity (Wildman–Crippen MR) is 75.3 cm³/mol. The van der Waals surface area contributed by atoms with Crippen LogP contribution in [0.15, 0.2) is 36.5 Å². The molecule has 0 aliphatic heterocycles. The molecule has 0 bridgehead atoms. The van der Waals surface area contributed by atoms with Gasteiger partial charge in [0.15, 0.2) is 0 Å². The van der Waals surface area contributed by atoms with Crippen molar-refractivity contribution in [3.05, 3.63) is 58.4 Å². The molecule has 0 saturated heterocycles. The van der Waals surface area contributed by atoms with Gasteiger partial charge in [0.1, 0.15) is 11.8 Å². The first-order chi connectivity index (χ1) is 10.0. The van der Waals surface area contributed by atoms with Crippen molar-refractivity contribution in [2.75, 3.05) is 5.32 Å².